The summed E-state index contributed by atoms with van der Waals surface area (Å²) in [4.78, 5) is 21.8. The lowest BCUT2D eigenvalue weighted by molar-refractivity contribution is -0.146. The third-order valence-corrected chi connectivity index (χ3v) is 12.5. The van der Waals surface area contributed by atoms with Crippen LogP contribution in [0.2, 0.25) is 0 Å². The van der Waals surface area contributed by atoms with Crippen LogP contribution in [-0.2, 0) is 32.2 Å². The van der Waals surface area contributed by atoms with Crippen LogP contribution in [0.15, 0.2) is 84.9 Å². The zero-order chi connectivity index (χ0) is 45.5. The number of ether oxygens (including phenoxy) is 4. The van der Waals surface area contributed by atoms with Crippen molar-refractivity contribution in [2.75, 3.05) is 34.0 Å². The fraction of sp³-hybridized carbons (Fsp3) is 0.538. The molecule has 0 bridgehead atoms. The molecular weight excluding hydrogens is 781 g/mol. The van der Waals surface area contributed by atoms with Crippen molar-refractivity contribution in [2.45, 2.75) is 118 Å². The molecule has 0 heterocycles. The van der Waals surface area contributed by atoms with Gasteiger partial charge in [-0.15, -0.1) is 0 Å². The Kier molecular flexibility index (Phi) is 19.3. The normalized spacial score (nSPS) is 19.5. The summed E-state index contributed by atoms with van der Waals surface area (Å²) < 4.78 is 21.5. The van der Waals surface area contributed by atoms with Crippen LogP contribution in [-0.4, -0.2) is 68.3 Å². The molecule has 6 rings (SSSR count). The first kappa shape index (κ1) is 50.2. The van der Waals surface area contributed by atoms with E-state index in [2.05, 4.69) is 131 Å². The number of aliphatic hydroxyl groups excluding tert-OH is 2. The van der Waals surface area contributed by atoms with Gasteiger partial charge >= 0.3 is 11.9 Å². The van der Waals surface area contributed by atoms with Gasteiger partial charge in [0.2, 0.25) is 0 Å². The number of methoxy groups -OCH3 is 2. The summed E-state index contributed by atoms with van der Waals surface area (Å²) in [7, 11) is 2.58. The summed E-state index contributed by atoms with van der Waals surface area (Å²) in [6.45, 7) is 18.4. The quantitative estimate of drug-likeness (QED) is 0.0757. The van der Waals surface area contributed by atoms with Crippen molar-refractivity contribution in [3.63, 3.8) is 0 Å². The minimum atomic E-state index is -0.563. The molecule has 5 N–H and O–H groups in total. The van der Waals surface area contributed by atoms with Crippen molar-refractivity contribution in [3.05, 3.63) is 96.1 Å². The second-order valence-electron chi connectivity index (χ2n) is 19.1. The van der Waals surface area contributed by atoms with Gasteiger partial charge in [-0.1, -0.05) is 84.5 Å². The number of aliphatic hydroxyl groups is 2. The lowest BCUT2D eigenvalue weighted by Crippen LogP contribution is -2.31. The Balaban J connectivity index is 0.000000239. The van der Waals surface area contributed by atoms with E-state index in [4.69, 9.17) is 25.1 Å². The van der Waals surface area contributed by atoms with Gasteiger partial charge in [0.1, 0.15) is 11.5 Å². The second-order valence-corrected chi connectivity index (χ2v) is 19.1. The fourth-order valence-corrected chi connectivity index (χ4v) is 8.40. The van der Waals surface area contributed by atoms with Crippen molar-refractivity contribution in [1.82, 2.24) is 5.32 Å². The van der Waals surface area contributed by atoms with Gasteiger partial charge in [-0.05, 0) is 143 Å². The summed E-state index contributed by atoms with van der Waals surface area (Å²) in [6, 6.07) is 25.4. The number of carbonyl (C=O) groups is 2. The zero-order valence-electron chi connectivity index (χ0n) is 38.6. The standard InChI is InChI=1S/C26H37NO4.C21H29NO.C5H8O3/c1-26(2,3)22-8-11-23(12-9-22)31-24-10-7-19-13-18(5-6-20(19)14-24)15-27-16-21(17-28)25(29)30-4;1-21(2,3)18-7-10-19(11-8-18)23-20-9-6-16-12-15(14-22)4-5-17(16)13-20;1-4(3-6)5(7)8-2/h5-7,10,13-14,21-23,27-28H,8-9,11-12,15-17H2,1-4H3;4-6,9,12-13,18-19H,7-8,10-11,14,22H2,1-3H3;6H,1,3H2,2H3. The van der Waals surface area contributed by atoms with Crippen molar-refractivity contribution in [2.24, 2.45) is 34.3 Å². The molecule has 62 heavy (non-hydrogen) atoms. The highest BCUT2D eigenvalue weighted by Gasteiger charge is 2.31. The van der Waals surface area contributed by atoms with Gasteiger partial charge in [-0.3, -0.25) is 4.79 Å². The molecule has 2 aliphatic rings. The topological polar surface area (TPSA) is 150 Å². The number of carbonyl (C=O) groups excluding carboxylic acids is 2. The molecule has 2 fully saturated rings. The number of hydrogen-bond acceptors (Lipinski definition) is 10. The predicted molar refractivity (Wildman–Crippen MR) is 250 cm³/mol. The molecule has 0 radical (unpaired) electrons. The molecule has 2 aliphatic carbocycles. The lowest BCUT2D eigenvalue weighted by Gasteiger charge is -2.37. The molecule has 0 spiro atoms. The van der Waals surface area contributed by atoms with E-state index in [-0.39, 0.29) is 18.8 Å². The Morgan fingerprint density at radius 2 is 1.11 bits per heavy atom. The van der Waals surface area contributed by atoms with Gasteiger partial charge in [-0.2, -0.15) is 0 Å². The first-order chi connectivity index (χ1) is 29.5. The van der Waals surface area contributed by atoms with E-state index in [1.54, 1.807) is 0 Å². The molecule has 0 aliphatic heterocycles. The number of esters is 2. The maximum Gasteiger partial charge on any atom is 0.335 e. The monoisotopic (exact) mass is 855 g/mol. The van der Waals surface area contributed by atoms with E-state index in [0.717, 1.165) is 52.5 Å². The lowest BCUT2D eigenvalue weighted by atomic mass is 9.72. The molecular formula is C52H74N2O8. The molecule has 340 valence electrons. The molecule has 4 aromatic carbocycles. The summed E-state index contributed by atoms with van der Waals surface area (Å²) in [5.41, 5.74) is 8.90. The third-order valence-electron chi connectivity index (χ3n) is 12.5. The number of hydrogen-bond donors (Lipinski definition) is 4. The van der Waals surface area contributed by atoms with Crippen LogP contribution < -0.4 is 20.5 Å². The zero-order valence-corrected chi connectivity index (χ0v) is 38.6. The molecule has 1 unspecified atom stereocenters. The maximum absolute atomic E-state index is 11.6. The Hall–Kier alpha value is -4.48. The second kappa shape index (κ2) is 23.8. The maximum atomic E-state index is 11.6. The number of nitrogens with one attached hydrogen (secondary N) is 1. The van der Waals surface area contributed by atoms with Crippen LogP contribution in [0.5, 0.6) is 11.5 Å². The van der Waals surface area contributed by atoms with E-state index in [1.165, 1.54) is 69.1 Å². The highest BCUT2D eigenvalue weighted by Crippen LogP contribution is 2.40. The van der Waals surface area contributed by atoms with Gasteiger partial charge in [0.25, 0.3) is 0 Å². The summed E-state index contributed by atoms with van der Waals surface area (Å²) in [5.74, 6) is 2.06. The van der Waals surface area contributed by atoms with Crippen LogP contribution in [0, 0.1) is 28.6 Å². The Morgan fingerprint density at radius 1 is 0.677 bits per heavy atom. The number of nitrogens with two attached hydrogens (primary N) is 1. The molecule has 2 saturated carbocycles. The average molecular weight is 855 g/mol. The number of benzene rings is 4. The Bertz CT molecular complexity index is 2020. The van der Waals surface area contributed by atoms with Gasteiger partial charge < -0.3 is 40.2 Å². The highest BCUT2D eigenvalue weighted by molar-refractivity contribution is 5.88. The minimum Gasteiger partial charge on any atom is -0.490 e. The van der Waals surface area contributed by atoms with E-state index >= 15 is 0 Å². The van der Waals surface area contributed by atoms with Crippen LogP contribution in [0.3, 0.4) is 0 Å². The summed E-state index contributed by atoms with van der Waals surface area (Å²) in [5, 5.41) is 25.5. The summed E-state index contributed by atoms with van der Waals surface area (Å²) >= 11 is 0. The first-order valence-corrected chi connectivity index (χ1v) is 22.3. The number of rotatable bonds is 13. The van der Waals surface area contributed by atoms with Gasteiger partial charge in [0.05, 0.1) is 51.1 Å². The van der Waals surface area contributed by atoms with Crippen molar-refractivity contribution < 1.29 is 38.7 Å². The van der Waals surface area contributed by atoms with E-state index in [0.29, 0.717) is 42.7 Å². The highest BCUT2D eigenvalue weighted by atomic mass is 16.5. The van der Waals surface area contributed by atoms with Crippen molar-refractivity contribution in [3.8, 4) is 11.5 Å². The molecule has 0 saturated heterocycles. The third kappa shape index (κ3) is 15.4. The first-order valence-electron chi connectivity index (χ1n) is 22.3. The fourth-order valence-electron chi connectivity index (χ4n) is 8.40. The molecule has 4 aromatic rings. The number of fused-ring (bicyclic) bond motifs is 2. The molecule has 0 amide bonds. The molecule has 1 atom stereocenters. The van der Waals surface area contributed by atoms with Crippen LogP contribution in [0.1, 0.15) is 104 Å². The largest absolute Gasteiger partial charge is 0.490 e. The van der Waals surface area contributed by atoms with Gasteiger partial charge in [-0.25, -0.2) is 4.79 Å². The Morgan fingerprint density at radius 3 is 1.50 bits per heavy atom. The SMILES string of the molecule is C=C(CO)C(=O)OC.CC(C)(C)C1CCC(Oc2ccc3cc(CN)ccc3c2)CC1.COC(=O)C(CO)CNCc1ccc2cc(OC3CCC(C(C)(C)C)CC3)ccc2c1. The van der Waals surface area contributed by atoms with Crippen molar-refractivity contribution >= 4 is 33.5 Å². The van der Waals surface area contributed by atoms with Gasteiger partial charge in [0.15, 0.2) is 0 Å². The molecule has 10 nitrogen and oxygen atoms in total. The molecule has 10 heteroatoms. The van der Waals surface area contributed by atoms with Crippen LogP contribution in [0.25, 0.3) is 21.5 Å². The Labute approximate surface area is 370 Å². The predicted octanol–water partition coefficient (Wildman–Crippen LogP) is 9.68. The van der Waals surface area contributed by atoms with Crippen LogP contribution in [0.4, 0.5) is 0 Å². The minimum absolute atomic E-state index is 0.0764. The van der Waals surface area contributed by atoms with E-state index < -0.39 is 17.9 Å². The van der Waals surface area contributed by atoms with Gasteiger partial charge in [0, 0.05) is 19.6 Å². The van der Waals surface area contributed by atoms with E-state index in [9.17, 15) is 14.7 Å². The van der Waals surface area contributed by atoms with Crippen LogP contribution >= 0.6 is 0 Å². The van der Waals surface area contributed by atoms with E-state index in [1.807, 2.05) is 0 Å². The van der Waals surface area contributed by atoms with Crippen molar-refractivity contribution in [1.29, 1.82) is 0 Å². The smallest absolute Gasteiger partial charge is 0.335 e. The summed E-state index contributed by atoms with van der Waals surface area (Å²) in [6.07, 6.45) is 10.3. The average Bonchev–Trinajstić information content (AvgIpc) is 3.27. The molecule has 0 aromatic heterocycles.